The van der Waals surface area contributed by atoms with E-state index < -0.39 is 0 Å². The standard InChI is InChI=1S/C13H21ClN4/c1-4-12-15-11(14)8-13(16-12)18-7-5-6-10(9-18)17(2)3/h8,10H,4-7,9H2,1-3H3. The monoisotopic (exact) mass is 268 g/mol. The summed E-state index contributed by atoms with van der Waals surface area (Å²) in [7, 11) is 4.27. The van der Waals surface area contributed by atoms with Gasteiger partial charge in [0.15, 0.2) is 0 Å². The van der Waals surface area contributed by atoms with Gasteiger partial charge in [-0.3, -0.25) is 0 Å². The van der Waals surface area contributed by atoms with Crippen LogP contribution in [-0.4, -0.2) is 48.1 Å². The fourth-order valence-electron chi connectivity index (χ4n) is 2.36. The molecule has 0 saturated carbocycles. The second kappa shape index (κ2) is 5.85. The molecule has 0 bridgehead atoms. The summed E-state index contributed by atoms with van der Waals surface area (Å²) in [5.74, 6) is 1.79. The van der Waals surface area contributed by atoms with Crippen LogP contribution in [0.25, 0.3) is 0 Å². The van der Waals surface area contributed by atoms with Crippen LogP contribution >= 0.6 is 11.6 Å². The summed E-state index contributed by atoms with van der Waals surface area (Å²) in [6, 6.07) is 2.47. The Bertz CT molecular complexity index is 408. The van der Waals surface area contributed by atoms with Gasteiger partial charge in [0.2, 0.25) is 0 Å². The Morgan fingerprint density at radius 1 is 1.44 bits per heavy atom. The van der Waals surface area contributed by atoms with Crippen LogP contribution in [0.3, 0.4) is 0 Å². The number of hydrogen-bond acceptors (Lipinski definition) is 4. The highest BCUT2D eigenvalue weighted by atomic mass is 35.5. The Morgan fingerprint density at radius 2 is 2.22 bits per heavy atom. The van der Waals surface area contributed by atoms with Crippen molar-refractivity contribution >= 4 is 17.4 Å². The number of likely N-dealkylation sites (N-methyl/N-ethyl adjacent to an activating group) is 1. The average molecular weight is 269 g/mol. The van der Waals surface area contributed by atoms with Gasteiger partial charge in [-0.2, -0.15) is 0 Å². The Kier molecular flexibility index (Phi) is 4.40. The highest BCUT2D eigenvalue weighted by Gasteiger charge is 2.22. The Morgan fingerprint density at radius 3 is 2.89 bits per heavy atom. The molecule has 0 amide bonds. The molecule has 5 heteroatoms. The van der Waals surface area contributed by atoms with E-state index in [1.807, 2.05) is 13.0 Å². The van der Waals surface area contributed by atoms with Crippen LogP contribution in [-0.2, 0) is 6.42 Å². The molecule has 1 aliphatic heterocycles. The fourth-order valence-corrected chi connectivity index (χ4v) is 2.55. The number of hydrogen-bond donors (Lipinski definition) is 0. The summed E-state index contributed by atoms with van der Waals surface area (Å²) in [6.07, 6.45) is 3.27. The molecular formula is C13H21ClN4. The second-order valence-corrected chi connectivity index (χ2v) is 5.41. The zero-order valence-electron chi connectivity index (χ0n) is 11.4. The van der Waals surface area contributed by atoms with Crippen molar-refractivity contribution in [3.63, 3.8) is 0 Å². The first-order valence-corrected chi connectivity index (χ1v) is 6.92. The van der Waals surface area contributed by atoms with Crippen molar-refractivity contribution in [2.24, 2.45) is 0 Å². The molecule has 18 heavy (non-hydrogen) atoms. The largest absolute Gasteiger partial charge is 0.355 e. The fraction of sp³-hybridized carbons (Fsp3) is 0.692. The molecule has 4 nitrogen and oxygen atoms in total. The quantitative estimate of drug-likeness (QED) is 0.787. The minimum absolute atomic E-state index is 0.545. The Labute approximate surface area is 114 Å². The van der Waals surface area contributed by atoms with E-state index in [9.17, 15) is 0 Å². The lowest BCUT2D eigenvalue weighted by molar-refractivity contribution is 0.257. The molecule has 2 rings (SSSR count). The first-order valence-electron chi connectivity index (χ1n) is 6.55. The lowest BCUT2D eigenvalue weighted by atomic mass is 10.1. The molecule has 0 N–H and O–H groups in total. The van der Waals surface area contributed by atoms with Crippen LogP contribution in [0.1, 0.15) is 25.6 Å². The Hall–Kier alpha value is -0.870. The van der Waals surface area contributed by atoms with E-state index in [1.165, 1.54) is 12.8 Å². The third-order valence-electron chi connectivity index (χ3n) is 3.49. The van der Waals surface area contributed by atoms with Crippen LogP contribution in [0.4, 0.5) is 5.82 Å². The average Bonchev–Trinajstić information content (AvgIpc) is 2.38. The highest BCUT2D eigenvalue weighted by Crippen LogP contribution is 2.22. The molecule has 1 aliphatic rings. The summed E-state index contributed by atoms with van der Waals surface area (Å²) in [5.41, 5.74) is 0. The first-order chi connectivity index (χ1) is 8.60. The first kappa shape index (κ1) is 13.6. The highest BCUT2D eigenvalue weighted by molar-refractivity contribution is 6.29. The number of halogens is 1. The van der Waals surface area contributed by atoms with Gasteiger partial charge in [-0.05, 0) is 26.9 Å². The van der Waals surface area contributed by atoms with E-state index in [0.29, 0.717) is 11.2 Å². The van der Waals surface area contributed by atoms with Gasteiger partial charge < -0.3 is 9.80 Å². The molecule has 0 aliphatic carbocycles. The van der Waals surface area contributed by atoms with E-state index in [4.69, 9.17) is 11.6 Å². The van der Waals surface area contributed by atoms with Crippen molar-refractivity contribution in [3.8, 4) is 0 Å². The SMILES string of the molecule is CCc1nc(Cl)cc(N2CCCC(N(C)C)C2)n1. The van der Waals surface area contributed by atoms with E-state index >= 15 is 0 Å². The van der Waals surface area contributed by atoms with Crippen molar-refractivity contribution in [1.29, 1.82) is 0 Å². The molecule has 1 unspecified atom stereocenters. The van der Waals surface area contributed by atoms with Gasteiger partial charge in [0, 0.05) is 31.6 Å². The van der Waals surface area contributed by atoms with E-state index in [2.05, 4.69) is 33.9 Å². The number of anilines is 1. The number of rotatable bonds is 3. The van der Waals surface area contributed by atoms with Crippen molar-refractivity contribution in [2.75, 3.05) is 32.1 Å². The lowest BCUT2D eigenvalue weighted by Crippen LogP contribution is -2.45. The number of aromatic nitrogens is 2. The van der Waals surface area contributed by atoms with Gasteiger partial charge in [-0.1, -0.05) is 18.5 Å². The van der Waals surface area contributed by atoms with Gasteiger partial charge in [-0.25, -0.2) is 9.97 Å². The van der Waals surface area contributed by atoms with E-state index in [-0.39, 0.29) is 0 Å². The molecule has 1 aromatic rings. The Balaban J connectivity index is 2.17. The van der Waals surface area contributed by atoms with Crippen molar-refractivity contribution in [1.82, 2.24) is 14.9 Å². The molecule has 2 heterocycles. The molecule has 1 fully saturated rings. The van der Waals surface area contributed by atoms with E-state index in [0.717, 1.165) is 31.2 Å². The third-order valence-corrected chi connectivity index (χ3v) is 3.69. The molecular weight excluding hydrogens is 248 g/mol. The van der Waals surface area contributed by atoms with Crippen LogP contribution in [0.5, 0.6) is 0 Å². The topological polar surface area (TPSA) is 32.3 Å². The third kappa shape index (κ3) is 3.12. The minimum Gasteiger partial charge on any atom is -0.355 e. The minimum atomic E-state index is 0.545. The smallest absolute Gasteiger partial charge is 0.134 e. The van der Waals surface area contributed by atoms with Gasteiger partial charge in [0.05, 0.1) is 0 Å². The number of piperidine rings is 1. The van der Waals surface area contributed by atoms with Crippen LogP contribution in [0, 0.1) is 0 Å². The number of aryl methyl sites for hydroxylation is 1. The van der Waals surface area contributed by atoms with Gasteiger partial charge in [-0.15, -0.1) is 0 Å². The molecule has 100 valence electrons. The normalized spacial score (nSPS) is 20.5. The predicted octanol–water partition coefficient (Wildman–Crippen LogP) is 2.22. The number of nitrogens with zero attached hydrogens (tertiary/aromatic N) is 4. The zero-order chi connectivity index (χ0) is 13.1. The summed E-state index contributed by atoms with van der Waals surface area (Å²) in [5, 5.41) is 0.545. The summed E-state index contributed by atoms with van der Waals surface area (Å²) >= 11 is 6.06. The zero-order valence-corrected chi connectivity index (χ0v) is 12.1. The second-order valence-electron chi connectivity index (χ2n) is 5.02. The summed E-state index contributed by atoms with van der Waals surface area (Å²) in [4.78, 5) is 13.4. The maximum absolute atomic E-state index is 6.06. The van der Waals surface area contributed by atoms with Crippen LogP contribution < -0.4 is 4.90 Å². The van der Waals surface area contributed by atoms with Gasteiger partial charge >= 0.3 is 0 Å². The molecule has 1 atom stereocenters. The maximum Gasteiger partial charge on any atom is 0.134 e. The van der Waals surface area contributed by atoms with Crippen molar-refractivity contribution in [3.05, 3.63) is 17.0 Å². The predicted molar refractivity (Wildman–Crippen MR) is 75.3 cm³/mol. The molecule has 0 aromatic carbocycles. The molecule has 1 saturated heterocycles. The van der Waals surface area contributed by atoms with Gasteiger partial charge in [0.1, 0.15) is 16.8 Å². The van der Waals surface area contributed by atoms with Crippen molar-refractivity contribution in [2.45, 2.75) is 32.2 Å². The molecule has 0 radical (unpaired) electrons. The van der Waals surface area contributed by atoms with Crippen LogP contribution in [0.2, 0.25) is 5.15 Å². The lowest BCUT2D eigenvalue weighted by Gasteiger charge is -2.36. The maximum atomic E-state index is 6.06. The van der Waals surface area contributed by atoms with E-state index in [1.54, 1.807) is 0 Å². The van der Waals surface area contributed by atoms with Crippen LogP contribution in [0.15, 0.2) is 6.07 Å². The van der Waals surface area contributed by atoms with Gasteiger partial charge in [0.25, 0.3) is 0 Å². The van der Waals surface area contributed by atoms with Crippen molar-refractivity contribution < 1.29 is 0 Å². The molecule has 1 aromatic heterocycles. The summed E-state index contributed by atoms with van der Waals surface area (Å²) in [6.45, 7) is 4.12. The summed E-state index contributed by atoms with van der Waals surface area (Å²) < 4.78 is 0. The molecule has 0 spiro atoms.